The van der Waals surface area contributed by atoms with Gasteiger partial charge in [-0.3, -0.25) is 4.90 Å². The monoisotopic (exact) mass is 377 g/mol. The molecule has 5 nitrogen and oxygen atoms in total. The third-order valence-electron chi connectivity index (χ3n) is 4.70. The summed E-state index contributed by atoms with van der Waals surface area (Å²) in [4.78, 5) is 5.93. The maximum Gasteiger partial charge on any atom is 0.302 e. The van der Waals surface area contributed by atoms with Gasteiger partial charge in [0.2, 0.25) is 0 Å². The van der Waals surface area contributed by atoms with Gasteiger partial charge in [-0.1, -0.05) is 6.07 Å². The van der Waals surface area contributed by atoms with E-state index in [1.165, 1.54) is 6.07 Å². The smallest absolute Gasteiger partial charge is 0.302 e. The minimum Gasteiger partial charge on any atom is -0.497 e. The first kappa shape index (κ1) is 19.4. The van der Waals surface area contributed by atoms with Crippen LogP contribution in [0.5, 0.6) is 11.5 Å². The lowest BCUT2D eigenvalue weighted by Crippen LogP contribution is -2.34. The molecule has 0 saturated carbocycles. The average Bonchev–Trinajstić information content (AvgIpc) is 3.18. The number of rotatable bonds is 8. The normalized spacial score (nSPS) is 15.0. The van der Waals surface area contributed by atoms with Crippen molar-refractivity contribution in [2.24, 2.45) is 0 Å². The summed E-state index contributed by atoms with van der Waals surface area (Å²) in [6, 6.07) is 10.2. The standard InChI is InChI=1S/C20H25F2N3O2/c1-26-16-9-8-15(17(12-16)27-2)13-23-19-7-5-6-18(24-19)20(21,22)14-25-10-3-4-11-25/h5-9,12H,3-4,10-11,13-14H2,1-2H3,(H,23,24). The summed E-state index contributed by atoms with van der Waals surface area (Å²) in [6.45, 7) is 1.58. The number of halogens is 2. The second kappa shape index (κ2) is 8.52. The largest absolute Gasteiger partial charge is 0.497 e. The fourth-order valence-corrected chi connectivity index (χ4v) is 3.22. The Hall–Kier alpha value is -2.41. The Morgan fingerprint density at radius 3 is 2.59 bits per heavy atom. The van der Waals surface area contributed by atoms with E-state index >= 15 is 0 Å². The number of methoxy groups -OCH3 is 2. The SMILES string of the molecule is COc1ccc(CNc2cccc(C(F)(F)CN3CCCC3)n2)c(OC)c1. The van der Waals surface area contributed by atoms with Gasteiger partial charge in [0.25, 0.3) is 0 Å². The summed E-state index contributed by atoms with van der Waals surface area (Å²) in [5.41, 5.74) is 0.676. The Kier molecular flexibility index (Phi) is 6.11. The van der Waals surface area contributed by atoms with E-state index in [2.05, 4.69) is 10.3 Å². The number of nitrogens with one attached hydrogen (secondary N) is 1. The van der Waals surface area contributed by atoms with Gasteiger partial charge in [-0.05, 0) is 50.2 Å². The van der Waals surface area contributed by atoms with Crippen molar-refractivity contribution in [3.8, 4) is 11.5 Å². The molecular weight excluding hydrogens is 352 g/mol. The number of alkyl halides is 2. The molecule has 1 N–H and O–H groups in total. The summed E-state index contributed by atoms with van der Waals surface area (Å²) < 4.78 is 39.7. The quantitative estimate of drug-likeness (QED) is 0.756. The van der Waals surface area contributed by atoms with Crippen molar-refractivity contribution in [2.45, 2.75) is 25.3 Å². The molecule has 1 aromatic heterocycles. The summed E-state index contributed by atoms with van der Waals surface area (Å²) >= 11 is 0. The zero-order chi connectivity index (χ0) is 19.3. The number of nitrogens with zero attached hydrogens (tertiary/aromatic N) is 2. The molecule has 0 radical (unpaired) electrons. The van der Waals surface area contributed by atoms with Crippen molar-refractivity contribution in [1.82, 2.24) is 9.88 Å². The van der Waals surface area contributed by atoms with Crippen molar-refractivity contribution in [1.29, 1.82) is 0 Å². The van der Waals surface area contributed by atoms with Crippen molar-refractivity contribution in [3.63, 3.8) is 0 Å². The molecule has 7 heteroatoms. The highest BCUT2D eigenvalue weighted by atomic mass is 19.3. The number of pyridine rings is 1. The molecule has 1 aliphatic heterocycles. The van der Waals surface area contributed by atoms with Gasteiger partial charge < -0.3 is 14.8 Å². The molecule has 2 heterocycles. The molecule has 0 unspecified atom stereocenters. The first-order chi connectivity index (χ1) is 13.0. The Morgan fingerprint density at radius 1 is 1.11 bits per heavy atom. The van der Waals surface area contributed by atoms with Gasteiger partial charge in [0, 0.05) is 18.2 Å². The van der Waals surface area contributed by atoms with Crippen LogP contribution in [-0.2, 0) is 12.5 Å². The molecule has 1 aromatic carbocycles. The van der Waals surface area contributed by atoms with Gasteiger partial charge >= 0.3 is 5.92 Å². The molecule has 0 aliphatic carbocycles. The lowest BCUT2D eigenvalue weighted by atomic mass is 10.2. The third kappa shape index (κ3) is 4.86. The van der Waals surface area contributed by atoms with E-state index in [0.29, 0.717) is 23.9 Å². The predicted molar refractivity (Wildman–Crippen MR) is 101 cm³/mol. The molecule has 1 fully saturated rings. The first-order valence-corrected chi connectivity index (χ1v) is 9.04. The topological polar surface area (TPSA) is 46.6 Å². The molecule has 2 aromatic rings. The number of anilines is 1. The molecule has 1 aliphatic rings. The van der Waals surface area contributed by atoms with Gasteiger partial charge in [-0.25, -0.2) is 4.98 Å². The van der Waals surface area contributed by atoms with Crippen LogP contribution in [0.4, 0.5) is 14.6 Å². The van der Waals surface area contributed by atoms with Crippen LogP contribution in [-0.4, -0.2) is 43.7 Å². The van der Waals surface area contributed by atoms with Gasteiger partial charge in [0.05, 0.1) is 20.8 Å². The van der Waals surface area contributed by atoms with E-state index in [1.54, 1.807) is 37.3 Å². The van der Waals surface area contributed by atoms with Crippen LogP contribution in [0.25, 0.3) is 0 Å². The average molecular weight is 377 g/mol. The van der Waals surface area contributed by atoms with Crippen LogP contribution in [0.15, 0.2) is 36.4 Å². The van der Waals surface area contributed by atoms with Crippen LogP contribution >= 0.6 is 0 Å². The fourth-order valence-electron chi connectivity index (χ4n) is 3.22. The van der Waals surface area contributed by atoms with Gasteiger partial charge in [-0.2, -0.15) is 8.78 Å². The van der Waals surface area contributed by atoms with Crippen molar-refractivity contribution >= 4 is 5.82 Å². The lowest BCUT2D eigenvalue weighted by Gasteiger charge is -2.23. The number of likely N-dealkylation sites (tertiary alicyclic amines) is 1. The van der Waals surface area contributed by atoms with Gasteiger partial charge in [-0.15, -0.1) is 0 Å². The molecular formula is C20H25F2N3O2. The summed E-state index contributed by atoms with van der Waals surface area (Å²) in [6.07, 6.45) is 1.96. The maximum absolute atomic E-state index is 14.6. The zero-order valence-electron chi connectivity index (χ0n) is 15.7. The predicted octanol–water partition coefficient (Wildman–Crippen LogP) is 3.90. The number of hydrogen-bond donors (Lipinski definition) is 1. The highest BCUT2D eigenvalue weighted by Crippen LogP contribution is 2.30. The second-order valence-electron chi connectivity index (χ2n) is 6.63. The number of benzene rings is 1. The minimum absolute atomic E-state index is 0.207. The van der Waals surface area contributed by atoms with E-state index in [0.717, 1.165) is 31.5 Å². The van der Waals surface area contributed by atoms with E-state index in [9.17, 15) is 8.78 Å². The van der Waals surface area contributed by atoms with E-state index < -0.39 is 5.92 Å². The van der Waals surface area contributed by atoms with E-state index in [4.69, 9.17) is 9.47 Å². The first-order valence-electron chi connectivity index (χ1n) is 9.04. The highest BCUT2D eigenvalue weighted by Gasteiger charge is 2.36. The number of hydrogen-bond acceptors (Lipinski definition) is 5. The zero-order valence-corrected chi connectivity index (χ0v) is 15.7. The summed E-state index contributed by atoms with van der Waals surface area (Å²) in [7, 11) is 3.17. The Bertz CT molecular complexity index is 765. The second-order valence-corrected chi connectivity index (χ2v) is 6.63. The number of aromatic nitrogens is 1. The fraction of sp³-hybridized carbons (Fsp3) is 0.450. The van der Waals surface area contributed by atoms with Crippen LogP contribution in [0, 0.1) is 0 Å². The van der Waals surface area contributed by atoms with Gasteiger partial charge in [0.1, 0.15) is 23.0 Å². The van der Waals surface area contributed by atoms with Crippen LogP contribution in [0.3, 0.4) is 0 Å². The Labute approximate surface area is 158 Å². The highest BCUT2D eigenvalue weighted by molar-refractivity contribution is 5.44. The summed E-state index contributed by atoms with van der Waals surface area (Å²) in [5.74, 6) is -1.21. The number of ether oxygens (including phenoxy) is 2. The van der Waals surface area contributed by atoms with Crippen molar-refractivity contribution in [3.05, 3.63) is 47.7 Å². The van der Waals surface area contributed by atoms with Gasteiger partial charge in [0.15, 0.2) is 0 Å². The summed E-state index contributed by atoms with van der Waals surface area (Å²) in [5, 5.41) is 3.10. The van der Waals surface area contributed by atoms with Crippen LogP contribution in [0.1, 0.15) is 24.1 Å². The molecule has 0 atom stereocenters. The molecule has 0 amide bonds. The molecule has 0 spiro atoms. The Balaban J connectivity index is 1.69. The molecule has 146 valence electrons. The minimum atomic E-state index is -2.97. The molecule has 0 bridgehead atoms. The maximum atomic E-state index is 14.6. The Morgan fingerprint density at radius 2 is 1.89 bits per heavy atom. The molecule has 3 rings (SSSR count). The lowest BCUT2D eigenvalue weighted by molar-refractivity contribution is -0.0365. The van der Waals surface area contributed by atoms with Crippen molar-refractivity contribution in [2.75, 3.05) is 39.2 Å². The molecule has 27 heavy (non-hydrogen) atoms. The van der Waals surface area contributed by atoms with Crippen LogP contribution in [0.2, 0.25) is 0 Å². The molecule has 1 saturated heterocycles. The van der Waals surface area contributed by atoms with E-state index in [1.807, 2.05) is 12.1 Å². The third-order valence-corrected chi connectivity index (χ3v) is 4.70. The van der Waals surface area contributed by atoms with Crippen molar-refractivity contribution < 1.29 is 18.3 Å². The van der Waals surface area contributed by atoms with Crippen LogP contribution < -0.4 is 14.8 Å². The van der Waals surface area contributed by atoms with E-state index in [-0.39, 0.29) is 12.2 Å².